The number of alkyl halides is 3. The monoisotopic (exact) mass is 442 g/mol. The van der Waals surface area contributed by atoms with Gasteiger partial charge < -0.3 is 20.3 Å². The second-order valence-corrected chi connectivity index (χ2v) is 7.59. The molecule has 2 atom stereocenters. The summed E-state index contributed by atoms with van der Waals surface area (Å²) in [6, 6.07) is 0.0211. The molecule has 0 saturated carbocycles. The maximum Gasteiger partial charge on any atom is 0.424 e. The number of hydrogen-bond acceptors (Lipinski definition) is 5. The van der Waals surface area contributed by atoms with Gasteiger partial charge in [-0.1, -0.05) is 6.92 Å². The fourth-order valence-corrected chi connectivity index (χ4v) is 3.62. The second-order valence-electron chi connectivity index (χ2n) is 7.59. The minimum absolute atomic E-state index is 0.0211. The summed E-state index contributed by atoms with van der Waals surface area (Å²) in [7, 11) is 1.42. The van der Waals surface area contributed by atoms with Crippen molar-refractivity contribution in [1.82, 2.24) is 34.9 Å². The SMILES string of the molecule is CCNC(=NCCC(O)(c1nccn1C)C(F)(F)F)NC1CCc2nc(CC)nn2C1. The first-order valence-electron chi connectivity index (χ1n) is 10.4. The summed E-state index contributed by atoms with van der Waals surface area (Å²) in [5.74, 6) is 1.70. The van der Waals surface area contributed by atoms with Crippen molar-refractivity contribution in [3.63, 3.8) is 0 Å². The van der Waals surface area contributed by atoms with Crippen LogP contribution in [0.15, 0.2) is 17.4 Å². The number of halogens is 3. The lowest BCUT2D eigenvalue weighted by atomic mass is 9.98. The van der Waals surface area contributed by atoms with Gasteiger partial charge in [0.2, 0.25) is 5.60 Å². The Morgan fingerprint density at radius 1 is 1.35 bits per heavy atom. The normalized spacial score (nSPS) is 19.1. The minimum atomic E-state index is -4.88. The summed E-state index contributed by atoms with van der Waals surface area (Å²) in [4.78, 5) is 12.5. The predicted molar refractivity (Wildman–Crippen MR) is 108 cm³/mol. The Hall–Kier alpha value is -2.63. The molecular formula is C19H29F3N8O. The summed E-state index contributed by atoms with van der Waals surface area (Å²) in [6.45, 7) is 4.79. The van der Waals surface area contributed by atoms with Crippen LogP contribution in [0.5, 0.6) is 0 Å². The zero-order valence-electron chi connectivity index (χ0n) is 17.9. The lowest BCUT2D eigenvalue weighted by Gasteiger charge is -2.29. The summed E-state index contributed by atoms with van der Waals surface area (Å²) in [6.07, 6.45) is -0.588. The first-order valence-corrected chi connectivity index (χ1v) is 10.4. The summed E-state index contributed by atoms with van der Waals surface area (Å²) in [5.41, 5.74) is -3.08. The van der Waals surface area contributed by atoms with Crippen molar-refractivity contribution >= 4 is 5.96 Å². The van der Waals surface area contributed by atoms with Gasteiger partial charge >= 0.3 is 6.18 Å². The van der Waals surface area contributed by atoms with Crippen LogP contribution in [0.4, 0.5) is 13.2 Å². The molecule has 3 N–H and O–H groups in total. The quantitative estimate of drug-likeness (QED) is 0.441. The van der Waals surface area contributed by atoms with Gasteiger partial charge in [0.15, 0.2) is 11.8 Å². The van der Waals surface area contributed by atoms with Gasteiger partial charge in [-0.25, -0.2) is 14.6 Å². The molecule has 2 aromatic heterocycles. The van der Waals surface area contributed by atoms with Crippen LogP contribution >= 0.6 is 0 Å². The Labute approximate surface area is 178 Å². The molecule has 0 fully saturated rings. The molecule has 2 unspecified atom stereocenters. The number of aryl methyl sites for hydroxylation is 3. The Bertz CT molecular complexity index is 906. The van der Waals surface area contributed by atoms with E-state index < -0.39 is 24.0 Å². The molecule has 0 amide bonds. The number of nitrogens with zero attached hydrogens (tertiary/aromatic N) is 6. The summed E-state index contributed by atoms with van der Waals surface area (Å²) >= 11 is 0. The first-order chi connectivity index (χ1) is 14.7. The molecule has 172 valence electrons. The van der Waals surface area contributed by atoms with Gasteiger partial charge in [-0.15, -0.1) is 0 Å². The molecular weight excluding hydrogens is 413 g/mol. The number of aromatic nitrogens is 5. The lowest BCUT2D eigenvalue weighted by Crippen LogP contribution is -2.48. The van der Waals surface area contributed by atoms with E-state index in [1.54, 1.807) is 0 Å². The zero-order valence-corrected chi connectivity index (χ0v) is 17.9. The van der Waals surface area contributed by atoms with E-state index in [-0.39, 0.29) is 12.6 Å². The Morgan fingerprint density at radius 2 is 2.13 bits per heavy atom. The van der Waals surface area contributed by atoms with Crippen molar-refractivity contribution < 1.29 is 18.3 Å². The Balaban J connectivity index is 1.68. The number of guanidine groups is 1. The number of hydrogen-bond donors (Lipinski definition) is 3. The molecule has 3 heterocycles. The van der Waals surface area contributed by atoms with Crippen LogP contribution in [0.2, 0.25) is 0 Å². The molecule has 0 aromatic carbocycles. The molecule has 3 rings (SSSR count). The third kappa shape index (κ3) is 5.00. The van der Waals surface area contributed by atoms with E-state index in [1.165, 1.54) is 24.0 Å². The molecule has 31 heavy (non-hydrogen) atoms. The molecule has 0 spiro atoms. The van der Waals surface area contributed by atoms with Crippen molar-refractivity contribution in [2.24, 2.45) is 12.0 Å². The van der Waals surface area contributed by atoms with E-state index in [1.807, 2.05) is 18.5 Å². The molecule has 1 aliphatic heterocycles. The van der Waals surface area contributed by atoms with E-state index in [2.05, 4.69) is 30.7 Å². The van der Waals surface area contributed by atoms with Gasteiger partial charge in [0.25, 0.3) is 0 Å². The molecule has 9 nitrogen and oxygen atoms in total. The number of imidazole rings is 1. The highest BCUT2D eigenvalue weighted by atomic mass is 19.4. The van der Waals surface area contributed by atoms with Gasteiger partial charge in [0, 0.05) is 57.8 Å². The second kappa shape index (κ2) is 9.25. The highest BCUT2D eigenvalue weighted by molar-refractivity contribution is 5.80. The smallest absolute Gasteiger partial charge is 0.374 e. The van der Waals surface area contributed by atoms with Crippen LogP contribution in [-0.4, -0.2) is 60.7 Å². The average Bonchev–Trinajstić information content (AvgIpc) is 3.32. The van der Waals surface area contributed by atoms with Crippen LogP contribution in [0.1, 0.15) is 44.2 Å². The minimum Gasteiger partial charge on any atom is -0.374 e. The van der Waals surface area contributed by atoms with Crippen LogP contribution < -0.4 is 10.6 Å². The number of nitrogens with one attached hydrogen (secondary N) is 2. The van der Waals surface area contributed by atoms with E-state index >= 15 is 0 Å². The third-order valence-electron chi connectivity index (χ3n) is 5.31. The molecule has 2 aromatic rings. The largest absolute Gasteiger partial charge is 0.424 e. The molecule has 1 aliphatic rings. The van der Waals surface area contributed by atoms with Gasteiger partial charge in [-0.2, -0.15) is 18.3 Å². The van der Waals surface area contributed by atoms with Crippen LogP contribution in [0, 0.1) is 0 Å². The molecule has 0 radical (unpaired) electrons. The number of rotatable bonds is 7. The Morgan fingerprint density at radius 3 is 2.74 bits per heavy atom. The highest BCUT2D eigenvalue weighted by Gasteiger charge is 2.57. The summed E-state index contributed by atoms with van der Waals surface area (Å²) in [5, 5.41) is 21.2. The molecule has 12 heteroatoms. The topological polar surface area (TPSA) is 105 Å². The number of fused-ring (bicyclic) bond motifs is 1. The van der Waals surface area contributed by atoms with Crippen molar-refractivity contribution in [2.75, 3.05) is 13.1 Å². The maximum atomic E-state index is 13.7. The van der Waals surface area contributed by atoms with Crippen LogP contribution in [-0.2, 0) is 32.0 Å². The Kier molecular flexibility index (Phi) is 6.87. The van der Waals surface area contributed by atoms with Crippen molar-refractivity contribution in [2.45, 2.75) is 63.9 Å². The van der Waals surface area contributed by atoms with Crippen LogP contribution in [0.25, 0.3) is 0 Å². The number of aliphatic imine (C=N–C) groups is 1. The van der Waals surface area contributed by atoms with E-state index in [0.717, 1.165) is 30.9 Å². The fourth-order valence-electron chi connectivity index (χ4n) is 3.62. The lowest BCUT2D eigenvalue weighted by molar-refractivity contribution is -0.272. The standard InChI is InChI=1S/C19H29F3N8O/c1-4-14-27-15-7-6-13(12-30(15)28-14)26-17(23-5-2)25-9-8-18(31,19(20,21)22)16-24-10-11-29(16)3/h10-11,13,31H,4-9,12H2,1-3H3,(H2,23,25,26). The average molecular weight is 442 g/mol. The van der Waals surface area contributed by atoms with Gasteiger partial charge in [-0.3, -0.25) is 4.99 Å². The van der Waals surface area contributed by atoms with Gasteiger partial charge in [-0.05, 0) is 13.3 Å². The van der Waals surface area contributed by atoms with E-state index in [9.17, 15) is 18.3 Å². The molecule has 0 bridgehead atoms. The van der Waals surface area contributed by atoms with Crippen molar-refractivity contribution in [3.8, 4) is 0 Å². The summed E-state index contributed by atoms with van der Waals surface area (Å²) < 4.78 is 44.0. The van der Waals surface area contributed by atoms with Crippen molar-refractivity contribution in [1.29, 1.82) is 0 Å². The zero-order chi connectivity index (χ0) is 22.6. The van der Waals surface area contributed by atoms with E-state index in [4.69, 9.17) is 0 Å². The molecule has 0 saturated heterocycles. The predicted octanol–water partition coefficient (Wildman–Crippen LogP) is 1.28. The fraction of sp³-hybridized carbons (Fsp3) is 0.684. The molecule has 0 aliphatic carbocycles. The van der Waals surface area contributed by atoms with E-state index in [0.29, 0.717) is 19.0 Å². The van der Waals surface area contributed by atoms with Crippen LogP contribution in [0.3, 0.4) is 0 Å². The van der Waals surface area contributed by atoms with Gasteiger partial charge in [0.05, 0.1) is 6.54 Å². The first kappa shape index (κ1) is 23.0. The third-order valence-corrected chi connectivity index (χ3v) is 5.31. The van der Waals surface area contributed by atoms with Crippen molar-refractivity contribution in [3.05, 3.63) is 29.9 Å². The highest BCUT2D eigenvalue weighted by Crippen LogP contribution is 2.40. The maximum absolute atomic E-state index is 13.7. The number of aliphatic hydroxyl groups is 1. The van der Waals surface area contributed by atoms with Gasteiger partial charge in [0.1, 0.15) is 11.6 Å².